The van der Waals surface area contributed by atoms with Gasteiger partial charge in [0.1, 0.15) is 12.1 Å². The Kier molecular flexibility index (Phi) is 3.47. The summed E-state index contributed by atoms with van der Waals surface area (Å²) < 4.78 is 1.90. The van der Waals surface area contributed by atoms with E-state index in [9.17, 15) is 9.59 Å². The molecule has 2 atom stereocenters. The van der Waals surface area contributed by atoms with E-state index < -0.39 is 6.04 Å². The highest BCUT2D eigenvalue weighted by Crippen LogP contribution is 2.35. The molecule has 2 unspecified atom stereocenters. The van der Waals surface area contributed by atoms with Crippen LogP contribution in [-0.2, 0) is 22.7 Å². The number of nitrogens with one attached hydrogen (secondary N) is 1. The predicted octanol–water partition coefficient (Wildman–Crippen LogP) is 0.837. The molecule has 1 aromatic heterocycles. The van der Waals surface area contributed by atoms with Crippen LogP contribution >= 0.6 is 0 Å². The van der Waals surface area contributed by atoms with Gasteiger partial charge in [-0.2, -0.15) is 5.10 Å². The van der Waals surface area contributed by atoms with E-state index in [1.807, 2.05) is 24.6 Å². The fourth-order valence-electron chi connectivity index (χ4n) is 2.99. The van der Waals surface area contributed by atoms with Crippen LogP contribution in [0.5, 0.6) is 0 Å². The predicted molar refractivity (Wildman–Crippen MR) is 77.3 cm³/mol. The van der Waals surface area contributed by atoms with Gasteiger partial charge < -0.3 is 10.2 Å². The maximum atomic E-state index is 12.7. The zero-order chi connectivity index (χ0) is 15.1. The number of carbonyl (C=O) groups excluding carboxylic acids is 2. The molecule has 6 heteroatoms. The summed E-state index contributed by atoms with van der Waals surface area (Å²) in [5, 5.41) is 7.28. The van der Waals surface area contributed by atoms with Gasteiger partial charge in [0.05, 0.1) is 17.9 Å². The largest absolute Gasteiger partial charge is 0.342 e. The van der Waals surface area contributed by atoms with Crippen LogP contribution < -0.4 is 5.32 Å². The highest BCUT2D eigenvalue weighted by molar-refractivity contribution is 5.97. The maximum absolute atomic E-state index is 12.7. The standard InChI is InChI=1S/C15H22N4O2/c1-4-19-12(7-9(2)17-19)8-18-10(3)14(20)16-13(15(18)21)11-5-6-11/h7,10-11,13H,4-6,8H2,1-3H3,(H,16,20). The van der Waals surface area contributed by atoms with Crippen LogP contribution in [0.1, 0.15) is 38.1 Å². The molecule has 1 aliphatic heterocycles. The van der Waals surface area contributed by atoms with Crippen molar-refractivity contribution >= 4 is 11.8 Å². The van der Waals surface area contributed by atoms with Gasteiger partial charge in [-0.05, 0) is 45.6 Å². The van der Waals surface area contributed by atoms with E-state index >= 15 is 0 Å². The Bertz CT molecular complexity index is 576. The molecule has 21 heavy (non-hydrogen) atoms. The molecule has 2 aliphatic rings. The SMILES string of the molecule is CCn1nc(C)cc1CN1C(=O)C(C2CC2)NC(=O)C1C. The number of hydrogen-bond acceptors (Lipinski definition) is 3. The lowest BCUT2D eigenvalue weighted by atomic mass is 10.0. The van der Waals surface area contributed by atoms with Crippen LogP contribution in [0.25, 0.3) is 0 Å². The Hall–Kier alpha value is -1.85. The topological polar surface area (TPSA) is 67.2 Å². The van der Waals surface area contributed by atoms with Crippen molar-refractivity contribution in [3.8, 4) is 0 Å². The summed E-state index contributed by atoms with van der Waals surface area (Å²) in [4.78, 5) is 26.5. The van der Waals surface area contributed by atoms with Gasteiger partial charge in [-0.25, -0.2) is 0 Å². The number of piperazine rings is 1. The van der Waals surface area contributed by atoms with E-state index in [2.05, 4.69) is 10.4 Å². The van der Waals surface area contributed by atoms with Gasteiger partial charge in [0.15, 0.2) is 0 Å². The van der Waals surface area contributed by atoms with Crippen LogP contribution in [0.4, 0.5) is 0 Å². The molecule has 1 aromatic rings. The lowest BCUT2D eigenvalue weighted by Gasteiger charge is -2.37. The molecule has 0 bridgehead atoms. The summed E-state index contributed by atoms with van der Waals surface area (Å²) >= 11 is 0. The number of amides is 2. The minimum atomic E-state index is -0.423. The summed E-state index contributed by atoms with van der Waals surface area (Å²) in [7, 11) is 0. The lowest BCUT2D eigenvalue weighted by molar-refractivity contribution is -0.150. The zero-order valence-corrected chi connectivity index (χ0v) is 12.8. The summed E-state index contributed by atoms with van der Waals surface area (Å²) in [6.45, 7) is 6.97. The monoisotopic (exact) mass is 290 g/mol. The first-order valence-electron chi connectivity index (χ1n) is 7.65. The maximum Gasteiger partial charge on any atom is 0.246 e. The average Bonchev–Trinajstić information content (AvgIpc) is 3.22. The molecule has 1 aliphatic carbocycles. The molecule has 2 fully saturated rings. The summed E-state index contributed by atoms with van der Waals surface area (Å²) in [6.07, 6.45) is 2.07. The molecule has 0 radical (unpaired) electrons. The van der Waals surface area contributed by atoms with Gasteiger partial charge in [-0.1, -0.05) is 0 Å². The van der Waals surface area contributed by atoms with Crippen LogP contribution in [-0.4, -0.2) is 38.6 Å². The highest BCUT2D eigenvalue weighted by atomic mass is 16.2. The van der Waals surface area contributed by atoms with Gasteiger partial charge in [0.25, 0.3) is 0 Å². The minimum absolute atomic E-state index is 0.0473. The molecule has 0 spiro atoms. The molecule has 6 nitrogen and oxygen atoms in total. The highest BCUT2D eigenvalue weighted by Gasteiger charge is 2.45. The second-order valence-electron chi connectivity index (χ2n) is 6.06. The molecular weight excluding hydrogens is 268 g/mol. The van der Waals surface area contributed by atoms with Gasteiger partial charge >= 0.3 is 0 Å². The zero-order valence-electron chi connectivity index (χ0n) is 12.8. The fourth-order valence-corrected chi connectivity index (χ4v) is 2.99. The van der Waals surface area contributed by atoms with Crippen molar-refractivity contribution in [3.05, 3.63) is 17.5 Å². The molecule has 0 aromatic carbocycles. The Labute approximate surface area is 124 Å². The van der Waals surface area contributed by atoms with Crippen molar-refractivity contribution < 1.29 is 9.59 Å². The molecule has 2 amide bonds. The van der Waals surface area contributed by atoms with Gasteiger partial charge in [0.2, 0.25) is 11.8 Å². The van der Waals surface area contributed by atoms with E-state index in [-0.39, 0.29) is 17.9 Å². The fraction of sp³-hybridized carbons (Fsp3) is 0.667. The molecule has 114 valence electrons. The van der Waals surface area contributed by atoms with Crippen LogP contribution in [0, 0.1) is 12.8 Å². The molecule has 3 rings (SSSR count). The number of rotatable bonds is 4. The molecule has 1 N–H and O–H groups in total. The summed E-state index contributed by atoms with van der Waals surface area (Å²) in [5.74, 6) is 0.325. The Morgan fingerprint density at radius 2 is 2.10 bits per heavy atom. The number of carbonyl (C=O) groups is 2. The third-order valence-electron chi connectivity index (χ3n) is 4.40. The third-order valence-corrected chi connectivity index (χ3v) is 4.40. The second-order valence-corrected chi connectivity index (χ2v) is 6.06. The Morgan fingerprint density at radius 1 is 1.38 bits per heavy atom. The number of aromatic nitrogens is 2. The lowest BCUT2D eigenvalue weighted by Crippen LogP contribution is -2.62. The van der Waals surface area contributed by atoms with Gasteiger partial charge in [-0.3, -0.25) is 14.3 Å². The van der Waals surface area contributed by atoms with Gasteiger partial charge in [0, 0.05) is 6.54 Å². The van der Waals surface area contributed by atoms with E-state index in [0.717, 1.165) is 30.8 Å². The van der Waals surface area contributed by atoms with Crippen LogP contribution in [0.15, 0.2) is 6.07 Å². The first-order chi connectivity index (χ1) is 10.0. The van der Waals surface area contributed by atoms with E-state index in [0.29, 0.717) is 12.5 Å². The van der Waals surface area contributed by atoms with E-state index in [1.165, 1.54) is 0 Å². The molecule has 2 heterocycles. The van der Waals surface area contributed by atoms with Crippen LogP contribution in [0.2, 0.25) is 0 Å². The van der Waals surface area contributed by atoms with E-state index in [1.54, 1.807) is 11.8 Å². The number of aryl methyl sites for hydroxylation is 2. The van der Waals surface area contributed by atoms with Gasteiger partial charge in [-0.15, -0.1) is 0 Å². The number of nitrogens with zero attached hydrogens (tertiary/aromatic N) is 3. The summed E-state index contributed by atoms with van der Waals surface area (Å²) in [5.41, 5.74) is 1.92. The van der Waals surface area contributed by atoms with Crippen molar-refractivity contribution in [1.82, 2.24) is 20.0 Å². The smallest absolute Gasteiger partial charge is 0.246 e. The molecule has 1 saturated carbocycles. The Morgan fingerprint density at radius 3 is 2.71 bits per heavy atom. The van der Waals surface area contributed by atoms with Crippen molar-refractivity contribution in [1.29, 1.82) is 0 Å². The Balaban J connectivity index is 1.83. The summed E-state index contributed by atoms with van der Waals surface area (Å²) in [6, 6.07) is 1.24. The molecular formula is C15H22N4O2. The van der Waals surface area contributed by atoms with Crippen molar-refractivity contribution in [3.63, 3.8) is 0 Å². The average molecular weight is 290 g/mol. The normalized spacial score (nSPS) is 26.1. The molecule has 1 saturated heterocycles. The second kappa shape index (κ2) is 5.16. The number of hydrogen-bond donors (Lipinski definition) is 1. The van der Waals surface area contributed by atoms with E-state index in [4.69, 9.17) is 0 Å². The van der Waals surface area contributed by atoms with Crippen molar-refractivity contribution in [2.75, 3.05) is 0 Å². The van der Waals surface area contributed by atoms with Crippen molar-refractivity contribution in [2.45, 2.75) is 58.8 Å². The minimum Gasteiger partial charge on any atom is -0.342 e. The third kappa shape index (κ3) is 2.54. The van der Waals surface area contributed by atoms with Crippen molar-refractivity contribution in [2.24, 2.45) is 5.92 Å². The first-order valence-corrected chi connectivity index (χ1v) is 7.65. The quantitative estimate of drug-likeness (QED) is 0.893. The first kappa shape index (κ1) is 14.1. The van der Waals surface area contributed by atoms with Crippen LogP contribution in [0.3, 0.4) is 0 Å².